The number of benzene rings is 1. The highest BCUT2D eigenvalue weighted by Gasteiger charge is 2.00. The number of unbranched alkanes of at least 4 members (excludes halogenated alkanes) is 2. The number of carbonyl (C=O) groups excluding carboxylic acids is 1. The minimum Gasteiger partial charge on any atom is -0.494 e. The van der Waals surface area contributed by atoms with Crippen LogP contribution in [0.5, 0.6) is 5.75 Å². The normalized spacial score (nSPS) is 10.0. The molecule has 0 unspecified atom stereocenters. The quantitative estimate of drug-likeness (QED) is 0.550. The molecule has 106 valence electrons. The van der Waals surface area contributed by atoms with Crippen LogP contribution in [0.4, 0.5) is 5.69 Å². The zero-order valence-electron chi connectivity index (χ0n) is 11.8. The number of rotatable bonds is 9. The average molecular weight is 265 g/mol. The molecule has 0 aromatic heterocycles. The van der Waals surface area contributed by atoms with Crippen LogP contribution in [-0.2, 0) is 9.53 Å². The predicted molar refractivity (Wildman–Crippen MR) is 76.6 cm³/mol. The van der Waals surface area contributed by atoms with Gasteiger partial charge >= 0.3 is 5.97 Å². The maximum atomic E-state index is 11.1. The van der Waals surface area contributed by atoms with E-state index < -0.39 is 0 Å². The van der Waals surface area contributed by atoms with Crippen molar-refractivity contribution in [2.75, 3.05) is 25.6 Å². The van der Waals surface area contributed by atoms with Gasteiger partial charge in [0.25, 0.3) is 0 Å². The number of esters is 1. The molecule has 0 amide bonds. The molecule has 0 bridgehead atoms. The summed E-state index contributed by atoms with van der Waals surface area (Å²) in [4.78, 5) is 11.1. The molecule has 1 aromatic carbocycles. The Kier molecular flexibility index (Phi) is 7.47. The Labute approximate surface area is 115 Å². The van der Waals surface area contributed by atoms with Gasteiger partial charge in [-0.05, 0) is 50.5 Å². The molecule has 19 heavy (non-hydrogen) atoms. The first-order valence-corrected chi connectivity index (χ1v) is 6.82. The van der Waals surface area contributed by atoms with Gasteiger partial charge in [-0.2, -0.15) is 0 Å². The number of anilines is 1. The molecule has 0 atom stereocenters. The molecular weight excluding hydrogens is 242 g/mol. The van der Waals surface area contributed by atoms with Crippen LogP contribution in [-0.4, -0.2) is 26.2 Å². The molecule has 4 nitrogen and oxygen atoms in total. The molecule has 4 heteroatoms. The zero-order chi connectivity index (χ0) is 13.9. The van der Waals surface area contributed by atoms with Gasteiger partial charge in [-0.15, -0.1) is 0 Å². The highest BCUT2D eigenvalue weighted by atomic mass is 16.5. The van der Waals surface area contributed by atoms with Crippen molar-refractivity contribution in [3.8, 4) is 5.75 Å². The van der Waals surface area contributed by atoms with E-state index >= 15 is 0 Å². The third-order valence-electron chi connectivity index (χ3n) is 2.74. The number of hydrogen-bond donors (Lipinski definition) is 1. The van der Waals surface area contributed by atoms with E-state index in [1.807, 2.05) is 38.2 Å². The summed E-state index contributed by atoms with van der Waals surface area (Å²) in [5, 5.41) is 3.06. The lowest BCUT2D eigenvalue weighted by Gasteiger charge is -2.07. The lowest BCUT2D eigenvalue weighted by molar-refractivity contribution is -0.143. The second kappa shape index (κ2) is 9.25. The van der Waals surface area contributed by atoms with E-state index in [0.29, 0.717) is 19.6 Å². The molecule has 0 fully saturated rings. The van der Waals surface area contributed by atoms with Crippen molar-refractivity contribution in [1.29, 1.82) is 0 Å². The Bertz CT molecular complexity index is 362. The number of ether oxygens (including phenoxy) is 2. The molecule has 0 aliphatic rings. The van der Waals surface area contributed by atoms with Crippen LogP contribution in [0.1, 0.15) is 32.6 Å². The maximum absolute atomic E-state index is 11.1. The molecule has 1 rings (SSSR count). The first kappa shape index (κ1) is 15.3. The van der Waals surface area contributed by atoms with Crippen molar-refractivity contribution in [1.82, 2.24) is 0 Å². The largest absolute Gasteiger partial charge is 0.494 e. The molecule has 1 aromatic rings. The van der Waals surface area contributed by atoms with Crippen molar-refractivity contribution in [3.05, 3.63) is 24.3 Å². The van der Waals surface area contributed by atoms with E-state index in [2.05, 4.69) is 5.32 Å². The SMILES string of the molecule is CCOC(=O)CCCCCOc1ccc(NC)cc1. The summed E-state index contributed by atoms with van der Waals surface area (Å²) < 4.78 is 10.5. The number of nitrogens with one attached hydrogen (secondary N) is 1. The zero-order valence-corrected chi connectivity index (χ0v) is 11.8. The van der Waals surface area contributed by atoms with E-state index in [-0.39, 0.29) is 5.97 Å². The Morgan fingerprint density at radius 1 is 1.16 bits per heavy atom. The Morgan fingerprint density at radius 3 is 2.53 bits per heavy atom. The first-order valence-electron chi connectivity index (χ1n) is 6.82. The second-order valence-corrected chi connectivity index (χ2v) is 4.24. The molecule has 0 spiro atoms. The Hall–Kier alpha value is -1.71. The summed E-state index contributed by atoms with van der Waals surface area (Å²) in [6.45, 7) is 2.97. The number of hydrogen-bond acceptors (Lipinski definition) is 4. The second-order valence-electron chi connectivity index (χ2n) is 4.24. The van der Waals surface area contributed by atoms with Crippen LogP contribution < -0.4 is 10.1 Å². The van der Waals surface area contributed by atoms with Crippen molar-refractivity contribution in [2.24, 2.45) is 0 Å². The smallest absolute Gasteiger partial charge is 0.305 e. The van der Waals surface area contributed by atoms with E-state index in [0.717, 1.165) is 30.7 Å². The molecular formula is C15H23NO3. The van der Waals surface area contributed by atoms with Gasteiger partial charge in [-0.3, -0.25) is 4.79 Å². The van der Waals surface area contributed by atoms with E-state index in [9.17, 15) is 4.79 Å². The van der Waals surface area contributed by atoms with Crippen molar-refractivity contribution >= 4 is 11.7 Å². The van der Waals surface area contributed by atoms with E-state index in [1.54, 1.807) is 0 Å². The van der Waals surface area contributed by atoms with Crippen molar-refractivity contribution in [2.45, 2.75) is 32.6 Å². The fourth-order valence-electron chi connectivity index (χ4n) is 1.69. The van der Waals surface area contributed by atoms with Crippen LogP contribution in [0.2, 0.25) is 0 Å². The molecule has 0 saturated heterocycles. The van der Waals surface area contributed by atoms with Gasteiger partial charge in [0.1, 0.15) is 5.75 Å². The fourth-order valence-corrected chi connectivity index (χ4v) is 1.69. The lowest BCUT2D eigenvalue weighted by Crippen LogP contribution is -2.04. The molecule has 1 N–H and O–H groups in total. The van der Waals surface area contributed by atoms with Gasteiger partial charge in [0.15, 0.2) is 0 Å². The first-order chi connectivity index (χ1) is 9.26. The monoisotopic (exact) mass is 265 g/mol. The summed E-state index contributed by atoms with van der Waals surface area (Å²) in [5.41, 5.74) is 1.07. The third kappa shape index (κ3) is 6.70. The van der Waals surface area contributed by atoms with Crippen LogP contribution in [0.3, 0.4) is 0 Å². The molecule has 0 aliphatic carbocycles. The average Bonchev–Trinajstić information content (AvgIpc) is 2.43. The summed E-state index contributed by atoms with van der Waals surface area (Å²) in [5.74, 6) is 0.774. The topological polar surface area (TPSA) is 47.6 Å². The third-order valence-corrected chi connectivity index (χ3v) is 2.74. The highest BCUT2D eigenvalue weighted by molar-refractivity contribution is 5.69. The maximum Gasteiger partial charge on any atom is 0.305 e. The van der Waals surface area contributed by atoms with Gasteiger partial charge in [0, 0.05) is 19.2 Å². The predicted octanol–water partition coefficient (Wildman–Crippen LogP) is 3.23. The Balaban J connectivity index is 2.05. The van der Waals surface area contributed by atoms with E-state index in [4.69, 9.17) is 9.47 Å². The summed E-state index contributed by atoms with van der Waals surface area (Å²) >= 11 is 0. The van der Waals surface area contributed by atoms with Crippen LogP contribution in [0, 0.1) is 0 Å². The van der Waals surface area contributed by atoms with Gasteiger partial charge < -0.3 is 14.8 Å². The molecule has 0 radical (unpaired) electrons. The van der Waals surface area contributed by atoms with E-state index in [1.165, 1.54) is 0 Å². The lowest BCUT2D eigenvalue weighted by atomic mass is 10.2. The highest BCUT2D eigenvalue weighted by Crippen LogP contribution is 2.15. The summed E-state index contributed by atoms with van der Waals surface area (Å²) in [6, 6.07) is 7.86. The van der Waals surface area contributed by atoms with Gasteiger partial charge in [-0.25, -0.2) is 0 Å². The molecule has 0 heterocycles. The van der Waals surface area contributed by atoms with Crippen LogP contribution in [0.15, 0.2) is 24.3 Å². The van der Waals surface area contributed by atoms with Gasteiger partial charge in [-0.1, -0.05) is 0 Å². The van der Waals surface area contributed by atoms with Crippen LogP contribution >= 0.6 is 0 Å². The molecule has 0 aliphatic heterocycles. The van der Waals surface area contributed by atoms with Crippen molar-refractivity contribution < 1.29 is 14.3 Å². The van der Waals surface area contributed by atoms with Gasteiger partial charge in [0.05, 0.1) is 13.2 Å². The standard InChI is InChI=1S/C15H23NO3/c1-3-18-15(17)7-5-4-6-12-19-14-10-8-13(16-2)9-11-14/h8-11,16H,3-7,12H2,1-2H3. The molecule has 0 saturated carbocycles. The minimum atomic E-state index is -0.105. The van der Waals surface area contributed by atoms with Crippen molar-refractivity contribution in [3.63, 3.8) is 0 Å². The summed E-state index contributed by atoms with van der Waals surface area (Å²) in [7, 11) is 1.89. The Morgan fingerprint density at radius 2 is 1.89 bits per heavy atom. The van der Waals surface area contributed by atoms with Crippen LogP contribution in [0.25, 0.3) is 0 Å². The minimum absolute atomic E-state index is 0.105. The summed E-state index contributed by atoms with van der Waals surface area (Å²) in [6.07, 6.45) is 3.30. The fraction of sp³-hybridized carbons (Fsp3) is 0.533. The number of carbonyl (C=O) groups is 1. The van der Waals surface area contributed by atoms with Gasteiger partial charge in [0.2, 0.25) is 0 Å².